The largest absolute Gasteiger partial charge is 0.347 e. The number of carbonyl (C=O) groups excluding carboxylic acids is 1. The summed E-state index contributed by atoms with van der Waals surface area (Å²) < 4.78 is 3.74. The van der Waals surface area contributed by atoms with Crippen LogP contribution in [0.2, 0.25) is 0 Å². The number of nitrogens with zero attached hydrogens (tertiary/aromatic N) is 6. The number of carbonyl (C=O) groups is 1. The Labute approximate surface area is 228 Å². The molecule has 0 bridgehead atoms. The molecule has 202 valence electrons. The summed E-state index contributed by atoms with van der Waals surface area (Å²) in [6.45, 7) is 4.25. The van der Waals surface area contributed by atoms with Crippen LogP contribution in [0.25, 0.3) is 22.5 Å². The van der Waals surface area contributed by atoms with Crippen molar-refractivity contribution >= 4 is 5.91 Å². The van der Waals surface area contributed by atoms with Gasteiger partial charge in [0.1, 0.15) is 0 Å². The Bertz CT molecular complexity index is 1530. The Morgan fingerprint density at radius 2 is 1.74 bits per heavy atom. The number of rotatable bonds is 9. The second kappa shape index (κ2) is 11.2. The third-order valence-electron chi connectivity index (χ3n) is 7.41. The number of fused-ring (bicyclic) bond motifs is 1. The van der Waals surface area contributed by atoms with E-state index in [4.69, 9.17) is 0 Å². The number of tetrazole rings is 1. The van der Waals surface area contributed by atoms with E-state index in [2.05, 4.69) is 63.4 Å². The first kappa shape index (κ1) is 26.3. The van der Waals surface area contributed by atoms with Crippen LogP contribution in [0.4, 0.5) is 0 Å². The summed E-state index contributed by atoms with van der Waals surface area (Å²) in [5.41, 5.74) is 5.72. The van der Waals surface area contributed by atoms with Crippen LogP contribution in [0.5, 0.6) is 0 Å². The van der Waals surface area contributed by atoms with Crippen LogP contribution in [-0.2, 0) is 17.6 Å². The van der Waals surface area contributed by atoms with Crippen molar-refractivity contribution in [3.05, 3.63) is 87.9 Å². The van der Waals surface area contributed by atoms with Gasteiger partial charge < -0.3 is 4.90 Å². The molecule has 1 aliphatic heterocycles. The Kier molecular flexibility index (Phi) is 7.58. The first-order chi connectivity index (χ1) is 18.9. The summed E-state index contributed by atoms with van der Waals surface area (Å²) in [6, 6.07) is 15.6. The summed E-state index contributed by atoms with van der Waals surface area (Å²) in [5, 5.41) is 14.5. The molecule has 9 heteroatoms. The summed E-state index contributed by atoms with van der Waals surface area (Å²) in [4.78, 5) is 28.5. The first-order valence-corrected chi connectivity index (χ1v) is 13.6. The standard InChI is InChI=1S/C30H35N7O2/c1-5-6-7-12-26-25(29(38)37-27(30(39)35(3)4)18-13-20(2)36(26)37)19-21-14-16-22(17-15-21)23-10-8-9-11-24(23)28-31-33-34-32-28/h8-11,13-18,20,27H,5-7,12,19H2,1-4H3,(H,31,32,33,34). The molecule has 0 aliphatic carbocycles. The second-order valence-electron chi connectivity index (χ2n) is 10.3. The molecule has 2 aromatic carbocycles. The number of hydrogen-bond acceptors (Lipinski definition) is 5. The fraction of sp³-hybridized carbons (Fsp3) is 0.367. The molecule has 2 atom stereocenters. The number of benzene rings is 2. The van der Waals surface area contributed by atoms with Crippen molar-refractivity contribution < 1.29 is 4.79 Å². The highest BCUT2D eigenvalue weighted by Crippen LogP contribution is 2.31. The predicted molar refractivity (Wildman–Crippen MR) is 151 cm³/mol. The molecule has 39 heavy (non-hydrogen) atoms. The summed E-state index contributed by atoms with van der Waals surface area (Å²) >= 11 is 0. The Morgan fingerprint density at radius 3 is 2.41 bits per heavy atom. The van der Waals surface area contributed by atoms with Gasteiger partial charge in [0.25, 0.3) is 11.5 Å². The molecular weight excluding hydrogens is 490 g/mol. The van der Waals surface area contributed by atoms with Crippen molar-refractivity contribution in [2.75, 3.05) is 14.1 Å². The number of aromatic amines is 1. The van der Waals surface area contributed by atoms with Gasteiger partial charge >= 0.3 is 0 Å². The second-order valence-corrected chi connectivity index (χ2v) is 10.3. The van der Waals surface area contributed by atoms with Crippen molar-refractivity contribution in [1.82, 2.24) is 34.9 Å². The van der Waals surface area contributed by atoms with Gasteiger partial charge in [-0.25, -0.2) is 4.68 Å². The van der Waals surface area contributed by atoms with Gasteiger partial charge in [-0.3, -0.25) is 14.3 Å². The number of nitrogens with one attached hydrogen (secondary N) is 1. The molecule has 1 N–H and O–H groups in total. The lowest BCUT2D eigenvalue weighted by atomic mass is 9.96. The molecule has 0 spiro atoms. The van der Waals surface area contributed by atoms with Crippen LogP contribution in [-0.4, -0.2) is 54.9 Å². The Morgan fingerprint density at radius 1 is 1.00 bits per heavy atom. The normalized spacial score (nSPS) is 16.3. The van der Waals surface area contributed by atoms with Gasteiger partial charge in [0.05, 0.1) is 6.04 Å². The number of unbranched alkanes of at least 4 members (excludes halogenated alkanes) is 2. The van der Waals surface area contributed by atoms with Crippen LogP contribution in [0.1, 0.15) is 62.0 Å². The van der Waals surface area contributed by atoms with Crippen molar-refractivity contribution in [1.29, 1.82) is 0 Å². The molecule has 0 saturated carbocycles. The van der Waals surface area contributed by atoms with Gasteiger partial charge in [0.15, 0.2) is 6.04 Å². The van der Waals surface area contributed by atoms with Crippen LogP contribution >= 0.6 is 0 Å². The Hall–Kier alpha value is -4.27. The minimum atomic E-state index is -0.633. The molecule has 2 aromatic heterocycles. The van der Waals surface area contributed by atoms with E-state index < -0.39 is 6.04 Å². The highest BCUT2D eigenvalue weighted by molar-refractivity contribution is 5.82. The highest BCUT2D eigenvalue weighted by atomic mass is 16.2. The average molecular weight is 526 g/mol. The quantitative estimate of drug-likeness (QED) is 0.255. The van der Waals surface area contributed by atoms with E-state index in [1.165, 1.54) is 0 Å². The number of amides is 1. The van der Waals surface area contributed by atoms with E-state index in [0.29, 0.717) is 12.2 Å². The number of H-pyrrole nitrogens is 1. The minimum absolute atomic E-state index is 0.00157. The molecule has 9 nitrogen and oxygen atoms in total. The smallest absolute Gasteiger partial charge is 0.271 e. The van der Waals surface area contributed by atoms with Crippen LogP contribution in [0, 0.1) is 0 Å². The van der Waals surface area contributed by atoms with Gasteiger partial charge in [-0.1, -0.05) is 80.4 Å². The van der Waals surface area contributed by atoms with Crippen molar-refractivity contribution in [2.24, 2.45) is 0 Å². The van der Waals surface area contributed by atoms with Gasteiger partial charge in [-0.15, -0.1) is 10.2 Å². The van der Waals surface area contributed by atoms with E-state index in [1.54, 1.807) is 23.7 Å². The molecule has 5 rings (SSSR count). The number of likely N-dealkylation sites (N-methyl/N-ethyl adjacent to an activating group) is 1. The zero-order valence-corrected chi connectivity index (χ0v) is 23.0. The highest BCUT2D eigenvalue weighted by Gasteiger charge is 2.32. The summed E-state index contributed by atoms with van der Waals surface area (Å²) in [7, 11) is 3.46. The molecule has 0 fully saturated rings. The van der Waals surface area contributed by atoms with Gasteiger partial charge in [0.2, 0.25) is 5.82 Å². The lowest BCUT2D eigenvalue weighted by molar-refractivity contribution is -0.131. The van der Waals surface area contributed by atoms with E-state index in [1.807, 2.05) is 36.4 Å². The molecule has 0 radical (unpaired) electrons. The number of aromatic nitrogens is 6. The number of allylic oxidation sites excluding steroid dienone is 1. The van der Waals surface area contributed by atoms with Gasteiger partial charge in [-0.05, 0) is 41.7 Å². The monoisotopic (exact) mass is 525 g/mol. The lowest BCUT2D eigenvalue weighted by Crippen LogP contribution is -2.40. The van der Waals surface area contributed by atoms with Gasteiger partial charge in [-0.2, -0.15) is 5.21 Å². The van der Waals surface area contributed by atoms with Gasteiger partial charge in [0, 0.05) is 37.3 Å². The molecule has 0 saturated heterocycles. The molecule has 4 aromatic rings. The molecule has 3 heterocycles. The van der Waals surface area contributed by atoms with Crippen molar-refractivity contribution in [3.63, 3.8) is 0 Å². The maximum Gasteiger partial charge on any atom is 0.271 e. The topological polar surface area (TPSA) is 102 Å². The van der Waals surface area contributed by atoms with Crippen LogP contribution in [0.15, 0.2) is 65.5 Å². The van der Waals surface area contributed by atoms with E-state index in [-0.39, 0.29) is 17.5 Å². The zero-order chi connectivity index (χ0) is 27.5. The van der Waals surface area contributed by atoms with Crippen LogP contribution < -0.4 is 5.56 Å². The SMILES string of the molecule is CCCCCc1c(Cc2ccc(-c3ccccc3-c3nn[nH]n3)cc2)c(=O)n2n1C(C)C=CC2C(=O)N(C)C. The van der Waals surface area contributed by atoms with Crippen molar-refractivity contribution in [3.8, 4) is 22.5 Å². The first-order valence-electron chi connectivity index (χ1n) is 13.6. The fourth-order valence-electron chi connectivity index (χ4n) is 5.41. The van der Waals surface area contributed by atoms with E-state index in [0.717, 1.165) is 59.2 Å². The molecule has 1 amide bonds. The maximum atomic E-state index is 13.9. The molecular formula is C30H35N7O2. The minimum Gasteiger partial charge on any atom is -0.347 e. The fourth-order valence-corrected chi connectivity index (χ4v) is 5.41. The third kappa shape index (κ3) is 5.08. The predicted octanol–water partition coefficient (Wildman–Crippen LogP) is 4.58. The lowest BCUT2D eigenvalue weighted by Gasteiger charge is -2.29. The summed E-state index contributed by atoms with van der Waals surface area (Å²) in [5.74, 6) is 0.443. The van der Waals surface area contributed by atoms with E-state index >= 15 is 0 Å². The zero-order valence-electron chi connectivity index (χ0n) is 23.0. The molecule has 1 aliphatic rings. The summed E-state index contributed by atoms with van der Waals surface area (Å²) in [6.07, 6.45) is 8.42. The number of hydrogen-bond donors (Lipinski definition) is 1. The van der Waals surface area contributed by atoms with Crippen LogP contribution in [0.3, 0.4) is 0 Å². The van der Waals surface area contributed by atoms with Crippen molar-refractivity contribution in [2.45, 2.75) is 58.0 Å². The Balaban J connectivity index is 1.52. The maximum absolute atomic E-state index is 13.9. The van der Waals surface area contributed by atoms with E-state index in [9.17, 15) is 9.59 Å². The third-order valence-corrected chi connectivity index (χ3v) is 7.41. The average Bonchev–Trinajstić information content (AvgIpc) is 3.58. The molecule has 2 unspecified atom stereocenters.